The number of likely N-dealkylation sites (tertiary alicyclic amines) is 1. The van der Waals surface area contributed by atoms with Crippen LogP contribution in [0.1, 0.15) is 18.4 Å². The number of hydrogen-bond donors (Lipinski definition) is 1. The summed E-state index contributed by atoms with van der Waals surface area (Å²) in [7, 11) is 0. The van der Waals surface area contributed by atoms with E-state index in [0.29, 0.717) is 12.0 Å². The van der Waals surface area contributed by atoms with E-state index in [1.165, 1.54) is 12.0 Å². The number of nitrogens with zero attached hydrogens (tertiary/aromatic N) is 1. The molecule has 1 saturated carbocycles. The minimum Gasteiger partial charge on any atom is -0.488 e. The molecular formula is C16H21NO2. The zero-order valence-corrected chi connectivity index (χ0v) is 11.2. The molecule has 0 amide bonds. The summed E-state index contributed by atoms with van der Waals surface area (Å²) in [5, 5.41) is 9.96. The van der Waals surface area contributed by atoms with Crippen molar-refractivity contribution in [1.82, 2.24) is 4.90 Å². The average molecular weight is 259 g/mol. The molecule has 3 aliphatic rings. The van der Waals surface area contributed by atoms with Gasteiger partial charge in [0, 0.05) is 32.0 Å². The van der Waals surface area contributed by atoms with Crippen molar-refractivity contribution in [2.45, 2.75) is 31.5 Å². The summed E-state index contributed by atoms with van der Waals surface area (Å²) in [5.41, 5.74) is 1.34. The van der Waals surface area contributed by atoms with Crippen molar-refractivity contribution in [3.05, 3.63) is 29.8 Å². The molecule has 1 N–H and O–H groups in total. The molecule has 0 bridgehead atoms. The van der Waals surface area contributed by atoms with Crippen LogP contribution in [0, 0.1) is 11.8 Å². The molecular weight excluding hydrogens is 238 g/mol. The highest BCUT2D eigenvalue weighted by atomic mass is 16.5. The molecule has 1 aliphatic carbocycles. The fraction of sp³-hybridized carbons (Fsp3) is 0.625. The van der Waals surface area contributed by atoms with Gasteiger partial charge in [0.05, 0.1) is 6.10 Å². The van der Waals surface area contributed by atoms with Crippen molar-refractivity contribution in [1.29, 1.82) is 0 Å². The Morgan fingerprint density at radius 3 is 2.95 bits per heavy atom. The van der Waals surface area contributed by atoms with E-state index in [0.717, 1.165) is 44.1 Å². The molecule has 1 saturated heterocycles. The number of para-hydroxylation sites is 1. The predicted molar refractivity (Wildman–Crippen MR) is 73.2 cm³/mol. The summed E-state index contributed by atoms with van der Waals surface area (Å²) < 4.78 is 6.01. The van der Waals surface area contributed by atoms with Gasteiger partial charge in [-0.05, 0) is 30.4 Å². The van der Waals surface area contributed by atoms with Gasteiger partial charge in [-0.15, -0.1) is 0 Å². The third-order valence-electron chi connectivity index (χ3n) is 5.07. The second-order valence-electron chi connectivity index (χ2n) is 6.34. The molecule has 2 heterocycles. The largest absolute Gasteiger partial charge is 0.488 e. The summed E-state index contributed by atoms with van der Waals surface area (Å²) >= 11 is 0. The molecule has 4 atom stereocenters. The first-order valence-electron chi connectivity index (χ1n) is 7.44. The molecule has 0 aromatic heterocycles. The first kappa shape index (κ1) is 11.7. The van der Waals surface area contributed by atoms with Gasteiger partial charge in [-0.2, -0.15) is 0 Å². The lowest BCUT2D eigenvalue weighted by Crippen LogP contribution is -2.34. The van der Waals surface area contributed by atoms with Crippen LogP contribution in [0.2, 0.25) is 0 Å². The van der Waals surface area contributed by atoms with Crippen molar-refractivity contribution >= 4 is 0 Å². The molecule has 1 aromatic rings. The fourth-order valence-electron chi connectivity index (χ4n) is 4.12. The Morgan fingerprint density at radius 2 is 2.11 bits per heavy atom. The van der Waals surface area contributed by atoms with Crippen molar-refractivity contribution in [3.63, 3.8) is 0 Å². The van der Waals surface area contributed by atoms with E-state index in [4.69, 9.17) is 4.74 Å². The number of aliphatic hydroxyl groups excluding tert-OH is 1. The maximum atomic E-state index is 9.96. The predicted octanol–water partition coefficient (Wildman–Crippen LogP) is 1.69. The number of ether oxygens (including phenoxy) is 1. The van der Waals surface area contributed by atoms with E-state index in [2.05, 4.69) is 23.1 Å². The quantitative estimate of drug-likeness (QED) is 0.877. The Balaban J connectivity index is 1.37. The minimum atomic E-state index is -0.0586. The van der Waals surface area contributed by atoms with Crippen LogP contribution in [0.5, 0.6) is 5.75 Å². The SMILES string of the molecule is OC1CCC2CN(CC3Cc4ccccc4O3)CC12. The van der Waals surface area contributed by atoms with E-state index in [-0.39, 0.29) is 6.10 Å². The second kappa shape index (κ2) is 4.50. The third kappa shape index (κ3) is 2.05. The molecule has 0 spiro atoms. The van der Waals surface area contributed by atoms with E-state index < -0.39 is 0 Å². The number of hydrogen-bond acceptors (Lipinski definition) is 3. The van der Waals surface area contributed by atoms with Gasteiger partial charge in [0.1, 0.15) is 11.9 Å². The first-order chi connectivity index (χ1) is 9.29. The van der Waals surface area contributed by atoms with Crippen molar-refractivity contribution in [3.8, 4) is 5.75 Å². The molecule has 19 heavy (non-hydrogen) atoms. The molecule has 0 radical (unpaired) electrons. The standard InChI is InChI=1S/C16H21NO2/c18-15-6-5-12-8-17(10-14(12)15)9-13-7-11-3-1-2-4-16(11)19-13/h1-4,12-15,18H,5-10H2. The second-order valence-corrected chi connectivity index (χ2v) is 6.34. The average Bonchev–Trinajstić information content (AvgIpc) is 3.06. The fourth-order valence-corrected chi connectivity index (χ4v) is 4.12. The van der Waals surface area contributed by atoms with Gasteiger partial charge >= 0.3 is 0 Å². The number of benzene rings is 1. The normalized spacial score (nSPS) is 37.1. The van der Waals surface area contributed by atoms with Crippen molar-refractivity contribution in [2.24, 2.45) is 11.8 Å². The van der Waals surface area contributed by atoms with E-state index in [1.54, 1.807) is 0 Å². The minimum absolute atomic E-state index is 0.0586. The molecule has 3 nitrogen and oxygen atoms in total. The van der Waals surface area contributed by atoms with Crippen LogP contribution in [-0.2, 0) is 6.42 Å². The summed E-state index contributed by atoms with van der Waals surface area (Å²) in [6.45, 7) is 3.22. The lowest BCUT2D eigenvalue weighted by Gasteiger charge is -2.21. The lowest BCUT2D eigenvalue weighted by atomic mass is 10.00. The number of fused-ring (bicyclic) bond motifs is 2. The van der Waals surface area contributed by atoms with Crippen LogP contribution < -0.4 is 4.74 Å². The van der Waals surface area contributed by atoms with Gasteiger partial charge < -0.3 is 9.84 Å². The highest BCUT2D eigenvalue weighted by Gasteiger charge is 2.42. The van der Waals surface area contributed by atoms with Gasteiger partial charge in [0.2, 0.25) is 0 Å². The van der Waals surface area contributed by atoms with Crippen LogP contribution in [0.15, 0.2) is 24.3 Å². The van der Waals surface area contributed by atoms with Crippen LogP contribution >= 0.6 is 0 Å². The lowest BCUT2D eigenvalue weighted by molar-refractivity contribution is 0.114. The topological polar surface area (TPSA) is 32.7 Å². The van der Waals surface area contributed by atoms with Crippen LogP contribution in [-0.4, -0.2) is 41.8 Å². The van der Waals surface area contributed by atoms with Crippen LogP contribution in [0.3, 0.4) is 0 Å². The molecule has 1 aromatic carbocycles. The zero-order valence-electron chi connectivity index (χ0n) is 11.2. The monoisotopic (exact) mass is 259 g/mol. The Hall–Kier alpha value is -1.06. The maximum absolute atomic E-state index is 9.96. The van der Waals surface area contributed by atoms with Crippen molar-refractivity contribution < 1.29 is 9.84 Å². The highest BCUT2D eigenvalue weighted by molar-refractivity contribution is 5.37. The van der Waals surface area contributed by atoms with E-state index in [9.17, 15) is 5.11 Å². The smallest absolute Gasteiger partial charge is 0.123 e. The number of aliphatic hydroxyl groups is 1. The third-order valence-corrected chi connectivity index (χ3v) is 5.07. The van der Waals surface area contributed by atoms with Crippen molar-refractivity contribution in [2.75, 3.05) is 19.6 Å². The molecule has 102 valence electrons. The number of rotatable bonds is 2. The summed E-state index contributed by atoms with van der Waals surface area (Å²) in [6, 6.07) is 8.36. The Morgan fingerprint density at radius 1 is 1.21 bits per heavy atom. The van der Waals surface area contributed by atoms with E-state index in [1.807, 2.05) is 6.07 Å². The first-order valence-corrected chi connectivity index (χ1v) is 7.44. The van der Waals surface area contributed by atoms with Gasteiger partial charge in [0.15, 0.2) is 0 Å². The highest BCUT2D eigenvalue weighted by Crippen LogP contribution is 2.38. The molecule has 3 heteroatoms. The van der Waals surface area contributed by atoms with E-state index >= 15 is 0 Å². The van der Waals surface area contributed by atoms with Crippen LogP contribution in [0.4, 0.5) is 0 Å². The van der Waals surface area contributed by atoms with Gasteiger partial charge in [-0.25, -0.2) is 0 Å². The summed E-state index contributed by atoms with van der Waals surface area (Å²) in [4.78, 5) is 2.49. The zero-order chi connectivity index (χ0) is 12.8. The summed E-state index contributed by atoms with van der Waals surface area (Å²) in [6.07, 6.45) is 3.48. The molecule has 2 aliphatic heterocycles. The maximum Gasteiger partial charge on any atom is 0.123 e. The van der Waals surface area contributed by atoms with Gasteiger partial charge in [0.25, 0.3) is 0 Å². The Bertz CT molecular complexity index is 451. The van der Waals surface area contributed by atoms with Gasteiger partial charge in [-0.3, -0.25) is 4.90 Å². The molecule has 2 fully saturated rings. The molecule has 4 unspecified atom stereocenters. The Labute approximate surface area is 114 Å². The Kier molecular flexibility index (Phi) is 2.78. The van der Waals surface area contributed by atoms with Gasteiger partial charge in [-0.1, -0.05) is 18.2 Å². The van der Waals surface area contributed by atoms with Crippen LogP contribution in [0.25, 0.3) is 0 Å². The summed E-state index contributed by atoms with van der Waals surface area (Å²) in [5.74, 6) is 2.30. The molecule has 4 rings (SSSR count).